The number of carbonyl (C=O) groups is 1. The summed E-state index contributed by atoms with van der Waals surface area (Å²) >= 11 is 5.91. The SMILES string of the molecule is O=C(c1cc(-c2oncc2-c2cccc(Cl)c2F)c[nH]1)N1CCc2ccccc2C1. The Morgan fingerprint density at radius 3 is 2.83 bits per heavy atom. The average molecular weight is 422 g/mol. The maximum absolute atomic E-state index is 14.5. The molecule has 0 unspecified atom stereocenters. The highest BCUT2D eigenvalue weighted by Crippen LogP contribution is 2.35. The number of rotatable bonds is 3. The summed E-state index contributed by atoms with van der Waals surface area (Å²) in [7, 11) is 0. The number of nitrogens with zero attached hydrogens (tertiary/aromatic N) is 2. The van der Waals surface area contributed by atoms with Crippen molar-refractivity contribution in [2.45, 2.75) is 13.0 Å². The quantitative estimate of drug-likeness (QED) is 0.486. The first-order chi connectivity index (χ1) is 14.6. The third-order valence-electron chi connectivity index (χ3n) is 5.41. The fourth-order valence-electron chi connectivity index (χ4n) is 3.84. The molecular weight excluding hydrogens is 405 g/mol. The smallest absolute Gasteiger partial charge is 0.270 e. The minimum atomic E-state index is -0.539. The molecule has 0 saturated heterocycles. The molecule has 0 saturated carbocycles. The van der Waals surface area contributed by atoms with Crippen LogP contribution < -0.4 is 0 Å². The average Bonchev–Trinajstić information content (AvgIpc) is 3.44. The van der Waals surface area contributed by atoms with E-state index in [1.807, 2.05) is 17.0 Å². The zero-order chi connectivity index (χ0) is 20.7. The van der Waals surface area contributed by atoms with Gasteiger partial charge in [0.15, 0.2) is 5.76 Å². The topological polar surface area (TPSA) is 62.1 Å². The van der Waals surface area contributed by atoms with Gasteiger partial charge in [-0.25, -0.2) is 4.39 Å². The van der Waals surface area contributed by atoms with E-state index in [1.54, 1.807) is 24.4 Å². The highest BCUT2D eigenvalue weighted by atomic mass is 35.5. The fraction of sp³-hybridized carbons (Fsp3) is 0.130. The number of benzene rings is 2. The second-order valence-corrected chi connectivity index (χ2v) is 7.62. The summed E-state index contributed by atoms with van der Waals surface area (Å²) < 4.78 is 19.9. The molecule has 1 N–H and O–H groups in total. The Balaban J connectivity index is 1.43. The van der Waals surface area contributed by atoms with E-state index in [0.717, 1.165) is 12.0 Å². The molecule has 0 bridgehead atoms. The van der Waals surface area contributed by atoms with E-state index in [9.17, 15) is 9.18 Å². The summed E-state index contributed by atoms with van der Waals surface area (Å²) in [6.45, 7) is 1.23. The van der Waals surface area contributed by atoms with Crippen molar-refractivity contribution >= 4 is 17.5 Å². The van der Waals surface area contributed by atoms with Crippen molar-refractivity contribution < 1.29 is 13.7 Å². The van der Waals surface area contributed by atoms with Crippen molar-refractivity contribution in [1.82, 2.24) is 15.0 Å². The predicted molar refractivity (Wildman–Crippen MR) is 112 cm³/mol. The predicted octanol–water partition coefficient (Wildman–Crippen LogP) is 5.33. The molecule has 0 fully saturated rings. The summed E-state index contributed by atoms with van der Waals surface area (Å²) in [4.78, 5) is 17.9. The minimum Gasteiger partial charge on any atom is -0.356 e. The molecule has 7 heteroatoms. The Kier molecular flexibility index (Phi) is 4.64. The van der Waals surface area contributed by atoms with Gasteiger partial charge in [-0.3, -0.25) is 4.79 Å². The summed E-state index contributed by atoms with van der Waals surface area (Å²) in [5, 5.41) is 3.84. The van der Waals surface area contributed by atoms with Gasteiger partial charge in [0, 0.05) is 30.4 Å². The molecule has 0 aliphatic carbocycles. The molecule has 1 aliphatic heterocycles. The van der Waals surface area contributed by atoms with Gasteiger partial charge in [-0.2, -0.15) is 0 Å². The van der Waals surface area contributed by atoms with Crippen LogP contribution in [0.4, 0.5) is 4.39 Å². The normalized spacial score (nSPS) is 13.3. The molecule has 2 aromatic carbocycles. The number of amides is 1. The van der Waals surface area contributed by atoms with E-state index in [1.165, 1.54) is 17.8 Å². The van der Waals surface area contributed by atoms with E-state index in [2.05, 4.69) is 22.3 Å². The number of aromatic nitrogens is 2. The second-order valence-electron chi connectivity index (χ2n) is 7.22. The lowest BCUT2D eigenvalue weighted by Crippen LogP contribution is -2.36. The highest BCUT2D eigenvalue weighted by Gasteiger charge is 2.24. The Bertz CT molecular complexity index is 1250. The van der Waals surface area contributed by atoms with Crippen LogP contribution in [0, 0.1) is 5.82 Å². The van der Waals surface area contributed by atoms with Gasteiger partial charge in [-0.05, 0) is 29.7 Å². The van der Waals surface area contributed by atoms with Crippen LogP contribution in [0.3, 0.4) is 0 Å². The van der Waals surface area contributed by atoms with Crippen LogP contribution in [0.2, 0.25) is 5.02 Å². The number of H-pyrrole nitrogens is 1. The number of hydrogen-bond acceptors (Lipinski definition) is 3. The number of hydrogen-bond donors (Lipinski definition) is 1. The summed E-state index contributed by atoms with van der Waals surface area (Å²) in [5.41, 5.74) is 4.27. The molecule has 0 spiro atoms. The van der Waals surface area contributed by atoms with E-state index in [0.29, 0.717) is 41.2 Å². The van der Waals surface area contributed by atoms with Crippen molar-refractivity contribution in [2.75, 3.05) is 6.54 Å². The van der Waals surface area contributed by atoms with Crippen molar-refractivity contribution in [3.8, 4) is 22.5 Å². The molecule has 5 nitrogen and oxygen atoms in total. The van der Waals surface area contributed by atoms with Gasteiger partial charge in [0.1, 0.15) is 11.5 Å². The van der Waals surface area contributed by atoms with E-state index in [-0.39, 0.29) is 10.9 Å². The Labute approximate surface area is 177 Å². The van der Waals surface area contributed by atoms with E-state index in [4.69, 9.17) is 16.1 Å². The zero-order valence-corrected chi connectivity index (χ0v) is 16.6. The van der Waals surface area contributed by atoms with Gasteiger partial charge in [0.25, 0.3) is 5.91 Å². The standard InChI is InChI=1S/C23H17ClFN3O2/c24-19-7-3-6-17(21(19)25)18-12-27-30-22(18)16-10-20(26-11-16)23(29)28-9-8-14-4-1-2-5-15(14)13-28/h1-7,10-12,26H,8-9,13H2. The van der Waals surface area contributed by atoms with Crippen LogP contribution in [-0.4, -0.2) is 27.5 Å². The lowest BCUT2D eigenvalue weighted by Gasteiger charge is -2.28. The van der Waals surface area contributed by atoms with Crippen molar-refractivity contribution in [1.29, 1.82) is 0 Å². The molecule has 30 heavy (non-hydrogen) atoms. The molecule has 5 rings (SSSR count). The molecule has 0 radical (unpaired) electrons. The number of aromatic amines is 1. The van der Waals surface area contributed by atoms with Gasteiger partial charge >= 0.3 is 0 Å². The number of carbonyl (C=O) groups excluding carboxylic acids is 1. The minimum absolute atomic E-state index is 0.0231. The largest absolute Gasteiger partial charge is 0.356 e. The van der Waals surface area contributed by atoms with Crippen molar-refractivity contribution in [3.05, 3.63) is 88.6 Å². The number of halogens is 2. The Morgan fingerprint density at radius 2 is 1.97 bits per heavy atom. The van der Waals surface area contributed by atoms with Gasteiger partial charge in [0.2, 0.25) is 0 Å². The van der Waals surface area contributed by atoms with Gasteiger partial charge in [-0.1, -0.05) is 53.2 Å². The molecule has 1 amide bonds. The van der Waals surface area contributed by atoms with E-state index < -0.39 is 5.82 Å². The second kappa shape index (κ2) is 7.46. The summed E-state index contributed by atoms with van der Waals surface area (Å²) in [5.74, 6) is -0.261. The van der Waals surface area contributed by atoms with Crippen molar-refractivity contribution in [2.24, 2.45) is 0 Å². The first kappa shape index (κ1) is 18.6. The van der Waals surface area contributed by atoms with Crippen LogP contribution in [0.15, 0.2) is 65.4 Å². The third-order valence-corrected chi connectivity index (χ3v) is 5.70. The summed E-state index contributed by atoms with van der Waals surface area (Å²) in [6, 6.07) is 14.6. The zero-order valence-electron chi connectivity index (χ0n) is 15.9. The fourth-order valence-corrected chi connectivity index (χ4v) is 4.01. The molecule has 3 heterocycles. The lowest BCUT2D eigenvalue weighted by molar-refractivity contribution is 0.0729. The maximum Gasteiger partial charge on any atom is 0.270 e. The maximum atomic E-state index is 14.5. The van der Waals surface area contributed by atoms with Crippen LogP contribution >= 0.6 is 11.6 Å². The van der Waals surface area contributed by atoms with Gasteiger partial charge < -0.3 is 14.4 Å². The molecule has 0 atom stereocenters. The first-order valence-corrected chi connectivity index (χ1v) is 9.93. The Hall–Kier alpha value is -3.38. The summed E-state index contributed by atoms with van der Waals surface area (Å²) in [6.07, 6.45) is 3.94. The molecule has 4 aromatic rings. The number of fused-ring (bicyclic) bond motifs is 1. The van der Waals surface area contributed by atoms with Crippen molar-refractivity contribution in [3.63, 3.8) is 0 Å². The number of nitrogens with one attached hydrogen (secondary N) is 1. The first-order valence-electron chi connectivity index (χ1n) is 9.55. The van der Waals surface area contributed by atoms with Crippen LogP contribution in [0.5, 0.6) is 0 Å². The van der Waals surface area contributed by atoms with Crippen LogP contribution in [-0.2, 0) is 13.0 Å². The van der Waals surface area contributed by atoms with E-state index >= 15 is 0 Å². The molecule has 1 aliphatic rings. The molecular formula is C23H17ClFN3O2. The monoisotopic (exact) mass is 421 g/mol. The lowest BCUT2D eigenvalue weighted by atomic mass is 9.99. The molecule has 2 aromatic heterocycles. The van der Waals surface area contributed by atoms with Crippen LogP contribution in [0.1, 0.15) is 21.6 Å². The third kappa shape index (κ3) is 3.19. The Morgan fingerprint density at radius 1 is 1.13 bits per heavy atom. The highest BCUT2D eigenvalue weighted by molar-refractivity contribution is 6.31. The molecule has 150 valence electrons. The van der Waals surface area contributed by atoms with Gasteiger partial charge in [0.05, 0.1) is 16.8 Å². The van der Waals surface area contributed by atoms with Crippen LogP contribution in [0.25, 0.3) is 22.5 Å². The van der Waals surface area contributed by atoms with Gasteiger partial charge in [-0.15, -0.1) is 0 Å².